The fourth-order valence-electron chi connectivity index (χ4n) is 1.82. The highest BCUT2D eigenvalue weighted by atomic mass is 35.5. The molecule has 0 saturated carbocycles. The highest BCUT2D eigenvalue weighted by Gasteiger charge is 2.17. The number of rotatable bonds is 3. The first-order valence-corrected chi connectivity index (χ1v) is 6.35. The SMILES string of the molecule is COC(=O)c1cnc(Cl)c(-c2cnn(C)c2NC(C)=O)c1. The molecule has 110 valence electrons. The van der Waals surface area contributed by atoms with Crippen molar-refractivity contribution in [3.63, 3.8) is 0 Å². The van der Waals surface area contributed by atoms with Gasteiger partial charge in [-0.05, 0) is 6.07 Å². The van der Waals surface area contributed by atoms with E-state index in [0.717, 1.165) is 0 Å². The Morgan fingerprint density at radius 1 is 1.33 bits per heavy atom. The second-order valence-corrected chi connectivity index (χ2v) is 4.62. The molecule has 0 aliphatic rings. The standard InChI is InChI=1S/C13H13ClN4O3/c1-7(19)17-12-10(6-16-18(12)2)9-4-8(13(20)21-3)5-15-11(9)14/h4-6H,1-3H3,(H,17,19). The van der Waals surface area contributed by atoms with Crippen LogP contribution in [0.2, 0.25) is 5.15 Å². The van der Waals surface area contributed by atoms with Crippen molar-refractivity contribution in [1.82, 2.24) is 14.8 Å². The fraction of sp³-hybridized carbons (Fsp3) is 0.231. The van der Waals surface area contributed by atoms with Crippen molar-refractivity contribution in [2.75, 3.05) is 12.4 Å². The first-order chi connectivity index (χ1) is 9.93. The van der Waals surface area contributed by atoms with E-state index in [4.69, 9.17) is 11.6 Å². The van der Waals surface area contributed by atoms with Crippen molar-refractivity contribution in [1.29, 1.82) is 0 Å². The molecule has 21 heavy (non-hydrogen) atoms. The number of pyridine rings is 1. The van der Waals surface area contributed by atoms with Crippen LogP contribution in [0.15, 0.2) is 18.5 Å². The van der Waals surface area contributed by atoms with Crippen LogP contribution >= 0.6 is 11.6 Å². The highest BCUT2D eigenvalue weighted by Crippen LogP contribution is 2.32. The molecule has 7 nitrogen and oxygen atoms in total. The largest absolute Gasteiger partial charge is 0.465 e. The Bertz CT molecular complexity index is 711. The van der Waals surface area contributed by atoms with Gasteiger partial charge in [0, 0.05) is 31.3 Å². The summed E-state index contributed by atoms with van der Waals surface area (Å²) in [5, 5.41) is 6.95. The van der Waals surface area contributed by atoms with Gasteiger partial charge in [-0.1, -0.05) is 11.6 Å². The topological polar surface area (TPSA) is 86.1 Å². The number of nitrogens with one attached hydrogen (secondary N) is 1. The molecular weight excluding hydrogens is 296 g/mol. The van der Waals surface area contributed by atoms with E-state index in [9.17, 15) is 9.59 Å². The molecule has 0 atom stereocenters. The molecule has 0 unspecified atom stereocenters. The Morgan fingerprint density at radius 3 is 2.67 bits per heavy atom. The number of halogens is 1. The van der Waals surface area contributed by atoms with Crippen LogP contribution in [0.4, 0.5) is 5.82 Å². The lowest BCUT2D eigenvalue weighted by atomic mass is 10.1. The summed E-state index contributed by atoms with van der Waals surface area (Å²) < 4.78 is 6.15. The maximum absolute atomic E-state index is 11.6. The average molecular weight is 309 g/mol. The van der Waals surface area contributed by atoms with Gasteiger partial charge in [0.1, 0.15) is 11.0 Å². The normalized spacial score (nSPS) is 10.3. The molecule has 0 bridgehead atoms. The highest BCUT2D eigenvalue weighted by molar-refractivity contribution is 6.32. The van der Waals surface area contributed by atoms with Gasteiger partial charge in [-0.2, -0.15) is 5.10 Å². The number of anilines is 1. The number of amides is 1. The molecule has 2 heterocycles. The number of aryl methyl sites for hydroxylation is 1. The second-order valence-electron chi connectivity index (χ2n) is 4.27. The molecule has 0 radical (unpaired) electrons. The van der Waals surface area contributed by atoms with Crippen molar-refractivity contribution in [2.45, 2.75) is 6.92 Å². The van der Waals surface area contributed by atoms with Crippen molar-refractivity contribution in [2.24, 2.45) is 7.05 Å². The number of carbonyl (C=O) groups is 2. The van der Waals surface area contributed by atoms with Gasteiger partial charge in [0.2, 0.25) is 5.91 Å². The Balaban J connectivity index is 2.56. The van der Waals surface area contributed by atoms with Gasteiger partial charge in [-0.15, -0.1) is 0 Å². The van der Waals surface area contributed by atoms with Gasteiger partial charge in [-0.25, -0.2) is 9.78 Å². The Morgan fingerprint density at radius 2 is 2.05 bits per heavy atom. The minimum atomic E-state index is -0.523. The van der Waals surface area contributed by atoms with Crippen LogP contribution in [0.5, 0.6) is 0 Å². The molecule has 0 aromatic carbocycles. The second kappa shape index (κ2) is 5.92. The molecule has 0 saturated heterocycles. The summed E-state index contributed by atoms with van der Waals surface area (Å²) >= 11 is 6.08. The van der Waals surface area contributed by atoms with Crippen LogP contribution < -0.4 is 5.32 Å². The minimum absolute atomic E-state index is 0.197. The zero-order valence-electron chi connectivity index (χ0n) is 11.7. The smallest absolute Gasteiger partial charge is 0.339 e. The molecule has 0 spiro atoms. The van der Waals surface area contributed by atoms with Crippen molar-refractivity contribution >= 4 is 29.3 Å². The van der Waals surface area contributed by atoms with E-state index >= 15 is 0 Å². The van der Waals surface area contributed by atoms with Crippen molar-refractivity contribution in [3.8, 4) is 11.1 Å². The lowest BCUT2D eigenvalue weighted by Gasteiger charge is -2.08. The molecule has 1 N–H and O–H groups in total. The van der Waals surface area contributed by atoms with Gasteiger partial charge >= 0.3 is 5.97 Å². The summed E-state index contributed by atoms with van der Waals surface area (Å²) in [6.07, 6.45) is 2.86. The molecule has 2 aromatic heterocycles. The zero-order valence-corrected chi connectivity index (χ0v) is 12.4. The maximum atomic E-state index is 11.6. The van der Waals surface area contributed by atoms with Crippen molar-refractivity contribution < 1.29 is 14.3 Å². The quantitative estimate of drug-likeness (QED) is 0.691. The van der Waals surface area contributed by atoms with Crippen LogP contribution in [0, 0.1) is 0 Å². The Kier molecular flexibility index (Phi) is 4.23. The maximum Gasteiger partial charge on any atom is 0.339 e. The number of ether oxygens (including phenoxy) is 1. The molecule has 0 aliphatic heterocycles. The van der Waals surface area contributed by atoms with Crippen LogP contribution in [-0.4, -0.2) is 33.8 Å². The van der Waals surface area contributed by atoms with E-state index in [-0.39, 0.29) is 16.6 Å². The number of carbonyl (C=O) groups excluding carboxylic acids is 2. The number of esters is 1. The first kappa shape index (κ1) is 15.0. The fourth-order valence-corrected chi connectivity index (χ4v) is 2.02. The summed E-state index contributed by atoms with van der Waals surface area (Å²) in [5.74, 6) is -0.299. The van der Waals surface area contributed by atoms with E-state index < -0.39 is 5.97 Å². The van der Waals surface area contributed by atoms with E-state index in [2.05, 4.69) is 20.1 Å². The lowest BCUT2D eigenvalue weighted by Crippen LogP contribution is -2.11. The number of hydrogen-bond donors (Lipinski definition) is 1. The zero-order chi connectivity index (χ0) is 15.6. The summed E-state index contributed by atoms with van der Waals surface area (Å²) in [4.78, 5) is 26.8. The van der Waals surface area contributed by atoms with Gasteiger partial charge < -0.3 is 10.1 Å². The predicted molar refractivity (Wildman–Crippen MR) is 77.1 cm³/mol. The van der Waals surface area contributed by atoms with Gasteiger partial charge in [-0.3, -0.25) is 9.48 Å². The third-order valence-electron chi connectivity index (χ3n) is 2.78. The number of nitrogens with zero attached hydrogens (tertiary/aromatic N) is 3. The van der Waals surface area contributed by atoms with E-state index in [0.29, 0.717) is 16.9 Å². The molecule has 1 amide bonds. The molecular formula is C13H13ClN4O3. The van der Waals surface area contributed by atoms with Gasteiger partial charge in [0.25, 0.3) is 0 Å². The van der Waals surface area contributed by atoms with Crippen LogP contribution in [0.3, 0.4) is 0 Å². The predicted octanol–water partition coefficient (Wildman–Crippen LogP) is 1.88. The molecule has 8 heteroatoms. The first-order valence-electron chi connectivity index (χ1n) is 5.98. The third kappa shape index (κ3) is 3.03. The van der Waals surface area contributed by atoms with Crippen LogP contribution in [-0.2, 0) is 16.6 Å². The number of aromatic nitrogens is 3. The number of hydrogen-bond acceptors (Lipinski definition) is 5. The lowest BCUT2D eigenvalue weighted by molar-refractivity contribution is -0.114. The molecule has 0 fully saturated rings. The van der Waals surface area contributed by atoms with Gasteiger partial charge in [0.15, 0.2) is 0 Å². The van der Waals surface area contributed by atoms with E-state index in [1.54, 1.807) is 13.1 Å². The van der Waals surface area contributed by atoms with Gasteiger partial charge in [0.05, 0.1) is 18.9 Å². The Labute approximate surface area is 125 Å². The minimum Gasteiger partial charge on any atom is -0.465 e. The van der Waals surface area contributed by atoms with E-state index in [1.807, 2.05) is 0 Å². The Hall–Kier alpha value is -2.41. The molecule has 2 aromatic rings. The average Bonchev–Trinajstić information content (AvgIpc) is 2.79. The molecule has 2 rings (SSSR count). The monoisotopic (exact) mass is 308 g/mol. The summed E-state index contributed by atoms with van der Waals surface area (Å²) in [6, 6.07) is 1.55. The van der Waals surface area contributed by atoms with Crippen LogP contribution in [0.25, 0.3) is 11.1 Å². The number of methoxy groups -OCH3 is 1. The summed E-state index contributed by atoms with van der Waals surface area (Å²) in [6.45, 7) is 1.39. The summed E-state index contributed by atoms with van der Waals surface area (Å²) in [7, 11) is 2.96. The van der Waals surface area contributed by atoms with Crippen LogP contribution in [0.1, 0.15) is 17.3 Å². The van der Waals surface area contributed by atoms with E-state index in [1.165, 1.54) is 31.1 Å². The van der Waals surface area contributed by atoms with Crippen molar-refractivity contribution in [3.05, 3.63) is 29.2 Å². The third-order valence-corrected chi connectivity index (χ3v) is 3.08. The molecule has 0 aliphatic carbocycles. The summed E-state index contributed by atoms with van der Waals surface area (Å²) in [5.41, 5.74) is 1.31.